The number of anilines is 1. The van der Waals surface area contributed by atoms with Gasteiger partial charge in [0.1, 0.15) is 5.82 Å². The summed E-state index contributed by atoms with van der Waals surface area (Å²) in [7, 11) is 0. The highest BCUT2D eigenvalue weighted by atomic mass is 14.8. The molecule has 2 nitrogen and oxygen atoms in total. The highest BCUT2D eigenvalue weighted by Crippen LogP contribution is 2.12. The van der Waals surface area contributed by atoms with E-state index >= 15 is 0 Å². The van der Waals surface area contributed by atoms with Crippen molar-refractivity contribution >= 4 is 16.6 Å². The van der Waals surface area contributed by atoms with Gasteiger partial charge in [0.05, 0.1) is 6.20 Å². The van der Waals surface area contributed by atoms with Crippen LogP contribution in [0.1, 0.15) is 0 Å². The molecule has 0 atom stereocenters. The van der Waals surface area contributed by atoms with Crippen LogP contribution in [0, 0.1) is 6.20 Å². The number of aromatic nitrogens is 1. The van der Waals surface area contributed by atoms with E-state index in [1.165, 1.54) is 0 Å². The molecule has 53 valence electrons. The Hall–Kier alpha value is -1.57. The normalized spacial score (nSPS) is 10.2. The van der Waals surface area contributed by atoms with Crippen LogP contribution >= 0.6 is 0 Å². The van der Waals surface area contributed by atoms with Gasteiger partial charge in [-0.1, -0.05) is 24.3 Å². The lowest BCUT2D eigenvalue weighted by molar-refractivity contribution is 1.35. The van der Waals surface area contributed by atoms with E-state index in [0.29, 0.717) is 5.82 Å². The minimum Gasteiger partial charge on any atom is -0.384 e. The molecular weight excluding hydrogens is 136 g/mol. The van der Waals surface area contributed by atoms with Crippen LogP contribution in [-0.4, -0.2) is 4.98 Å². The van der Waals surface area contributed by atoms with E-state index in [2.05, 4.69) is 11.2 Å². The second kappa shape index (κ2) is 2.23. The zero-order valence-electron chi connectivity index (χ0n) is 5.91. The first-order valence-electron chi connectivity index (χ1n) is 3.39. The number of pyridine rings is 1. The molecule has 1 heterocycles. The highest BCUT2D eigenvalue weighted by Gasteiger charge is 1.91. The number of nitrogen functional groups attached to an aromatic ring is 1. The van der Waals surface area contributed by atoms with Crippen LogP contribution in [0.15, 0.2) is 30.3 Å². The monoisotopic (exact) mass is 143 g/mol. The molecule has 2 aromatic rings. The first kappa shape index (κ1) is 6.16. The lowest BCUT2D eigenvalue weighted by Gasteiger charge is -1.95. The molecule has 2 rings (SSSR count). The fourth-order valence-electron chi connectivity index (χ4n) is 1.04. The van der Waals surface area contributed by atoms with Crippen LogP contribution in [-0.2, 0) is 0 Å². The Morgan fingerprint density at radius 1 is 1.27 bits per heavy atom. The molecule has 0 aliphatic carbocycles. The average molecular weight is 143 g/mol. The minimum atomic E-state index is 0.517. The molecule has 1 aromatic carbocycles. The topological polar surface area (TPSA) is 38.9 Å². The molecule has 0 saturated carbocycles. The Labute approximate surface area is 64.7 Å². The minimum absolute atomic E-state index is 0.517. The van der Waals surface area contributed by atoms with Crippen molar-refractivity contribution in [2.45, 2.75) is 0 Å². The van der Waals surface area contributed by atoms with E-state index in [1.54, 1.807) is 0 Å². The first-order chi connectivity index (χ1) is 5.36. The van der Waals surface area contributed by atoms with Crippen molar-refractivity contribution < 1.29 is 0 Å². The standard InChI is InChI=1S/C9H7N2/c10-9-5-7-3-1-2-4-8(7)6-11-9/h1-5H,(H2,10,11). The molecule has 1 radical (unpaired) electrons. The summed E-state index contributed by atoms with van der Waals surface area (Å²) in [6.45, 7) is 0. The number of hydrogen-bond donors (Lipinski definition) is 1. The summed E-state index contributed by atoms with van der Waals surface area (Å²) in [5, 5.41) is 2.08. The Morgan fingerprint density at radius 2 is 2.09 bits per heavy atom. The Kier molecular flexibility index (Phi) is 1.25. The first-order valence-corrected chi connectivity index (χ1v) is 3.39. The van der Waals surface area contributed by atoms with Gasteiger partial charge in [-0.2, -0.15) is 0 Å². The fourth-order valence-corrected chi connectivity index (χ4v) is 1.04. The largest absolute Gasteiger partial charge is 0.384 e. The van der Waals surface area contributed by atoms with Crippen LogP contribution in [0.5, 0.6) is 0 Å². The Morgan fingerprint density at radius 3 is 3.00 bits per heavy atom. The van der Waals surface area contributed by atoms with Crippen molar-refractivity contribution in [1.82, 2.24) is 4.98 Å². The lowest BCUT2D eigenvalue weighted by atomic mass is 10.2. The molecule has 0 bridgehead atoms. The van der Waals surface area contributed by atoms with E-state index in [-0.39, 0.29) is 0 Å². The molecule has 1 aromatic heterocycles. The Bertz CT molecular complexity index is 382. The molecule has 2 heteroatoms. The predicted octanol–water partition coefficient (Wildman–Crippen LogP) is 1.62. The zero-order chi connectivity index (χ0) is 7.68. The van der Waals surface area contributed by atoms with Crippen LogP contribution in [0.3, 0.4) is 0 Å². The maximum atomic E-state index is 5.48. The highest BCUT2D eigenvalue weighted by molar-refractivity contribution is 5.82. The van der Waals surface area contributed by atoms with E-state index in [1.807, 2.05) is 30.3 Å². The van der Waals surface area contributed by atoms with Gasteiger partial charge in [0.2, 0.25) is 0 Å². The third-order valence-corrected chi connectivity index (χ3v) is 1.57. The van der Waals surface area contributed by atoms with Gasteiger partial charge in [-0.25, -0.2) is 4.98 Å². The molecular formula is C9H7N2. The van der Waals surface area contributed by atoms with Crippen LogP contribution in [0.4, 0.5) is 5.82 Å². The van der Waals surface area contributed by atoms with Crippen molar-refractivity contribution in [3.63, 3.8) is 0 Å². The van der Waals surface area contributed by atoms with Crippen molar-refractivity contribution in [3.8, 4) is 0 Å². The van der Waals surface area contributed by atoms with Gasteiger partial charge < -0.3 is 5.73 Å². The third kappa shape index (κ3) is 1.03. The maximum absolute atomic E-state index is 5.48. The summed E-state index contributed by atoms with van der Waals surface area (Å²) in [6, 6.07) is 9.71. The quantitative estimate of drug-likeness (QED) is 0.608. The third-order valence-electron chi connectivity index (χ3n) is 1.57. The maximum Gasteiger partial charge on any atom is 0.124 e. The fraction of sp³-hybridized carbons (Fsp3) is 0. The van der Waals surface area contributed by atoms with Gasteiger partial charge >= 0.3 is 0 Å². The van der Waals surface area contributed by atoms with Crippen LogP contribution in [0.2, 0.25) is 0 Å². The molecule has 0 saturated heterocycles. The molecule has 0 unspecified atom stereocenters. The van der Waals surface area contributed by atoms with Crippen molar-refractivity contribution in [2.75, 3.05) is 5.73 Å². The van der Waals surface area contributed by atoms with Crippen molar-refractivity contribution in [1.29, 1.82) is 0 Å². The number of nitrogens with two attached hydrogens (primary N) is 1. The lowest BCUT2D eigenvalue weighted by Crippen LogP contribution is -1.88. The van der Waals surface area contributed by atoms with Gasteiger partial charge in [-0.15, -0.1) is 0 Å². The molecule has 0 aliphatic rings. The van der Waals surface area contributed by atoms with E-state index in [4.69, 9.17) is 5.73 Å². The van der Waals surface area contributed by atoms with Crippen LogP contribution in [0.25, 0.3) is 10.8 Å². The SMILES string of the molecule is Nc1cc2ccccc2[c]n1. The van der Waals surface area contributed by atoms with Crippen molar-refractivity contribution in [2.24, 2.45) is 0 Å². The van der Waals surface area contributed by atoms with E-state index in [9.17, 15) is 0 Å². The number of nitrogens with zero attached hydrogens (tertiary/aromatic N) is 1. The number of benzene rings is 1. The molecule has 2 N–H and O–H groups in total. The molecule has 0 aliphatic heterocycles. The second-order valence-electron chi connectivity index (χ2n) is 2.38. The predicted molar refractivity (Wildman–Crippen MR) is 45.0 cm³/mol. The number of fused-ring (bicyclic) bond motifs is 1. The summed E-state index contributed by atoms with van der Waals surface area (Å²) in [4.78, 5) is 3.86. The Balaban J connectivity index is 2.83. The molecule has 0 spiro atoms. The summed E-state index contributed by atoms with van der Waals surface area (Å²) >= 11 is 0. The van der Waals surface area contributed by atoms with Gasteiger partial charge in [0, 0.05) is 5.39 Å². The summed E-state index contributed by atoms with van der Waals surface area (Å²) in [5.41, 5.74) is 5.48. The van der Waals surface area contributed by atoms with Gasteiger partial charge in [0.25, 0.3) is 0 Å². The molecule has 0 fully saturated rings. The van der Waals surface area contributed by atoms with Crippen molar-refractivity contribution in [3.05, 3.63) is 36.5 Å². The van der Waals surface area contributed by atoms with Gasteiger partial charge in [0.15, 0.2) is 0 Å². The average Bonchev–Trinajstić information content (AvgIpc) is 2.04. The smallest absolute Gasteiger partial charge is 0.124 e. The van der Waals surface area contributed by atoms with E-state index < -0.39 is 0 Å². The molecule has 11 heavy (non-hydrogen) atoms. The number of hydrogen-bond acceptors (Lipinski definition) is 2. The summed E-state index contributed by atoms with van der Waals surface area (Å²) in [5.74, 6) is 0.517. The second-order valence-corrected chi connectivity index (χ2v) is 2.38. The summed E-state index contributed by atoms with van der Waals surface area (Å²) < 4.78 is 0. The molecule has 0 amide bonds. The number of rotatable bonds is 0. The van der Waals surface area contributed by atoms with E-state index in [0.717, 1.165) is 10.8 Å². The zero-order valence-corrected chi connectivity index (χ0v) is 5.91. The van der Waals surface area contributed by atoms with Gasteiger partial charge in [-0.3, -0.25) is 0 Å². The van der Waals surface area contributed by atoms with Gasteiger partial charge in [-0.05, 0) is 11.5 Å². The van der Waals surface area contributed by atoms with Crippen LogP contribution < -0.4 is 5.73 Å². The summed E-state index contributed by atoms with van der Waals surface area (Å²) in [6.07, 6.45) is 2.84.